The van der Waals surface area contributed by atoms with Gasteiger partial charge in [0.05, 0.1) is 0 Å². The number of para-hydroxylation sites is 1. The first-order chi connectivity index (χ1) is 8.92. The van der Waals surface area contributed by atoms with Crippen LogP contribution in [0.25, 0.3) is 6.08 Å². The molecule has 0 fully saturated rings. The van der Waals surface area contributed by atoms with Gasteiger partial charge in [-0.2, -0.15) is 0 Å². The lowest BCUT2D eigenvalue weighted by Crippen LogP contribution is -2.42. The van der Waals surface area contributed by atoms with Crippen LogP contribution in [0, 0.1) is 0 Å². The molecule has 0 aromatic heterocycles. The second-order valence-corrected chi connectivity index (χ2v) is 5.63. The average Bonchev–Trinajstić information content (AvgIpc) is 2.35. The second kappa shape index (κ2) is 9.01. The number of aliphatic hydroxyl groups excluding tert-OH is 1. The molecule has 114 valence electrons. The molecule has 20 heavy (non-hydrogen) atoms. The standard InChI is InChI=1S/C16H25NO2.ClH/c1-5-8-13-9-6-7-10-15(13)19-12-14(18)11-17-16(2,3)4;/h5-10,14,17-18H,11-12H2,1-4H3;1H/b8-5-;. The fourth-order valence-electron chi connectivity index (χ4n) is 1.60. The lowest BCUT2D eigenvalue weighted by molar-refractivity contribution is 0.0999. The van der Waals surface area contributed by atoms with Crippen LogP contribution in [-0.4, -0.2) is 29.9 Å². The molecule has 0 radical (unpaired) electrons. The van der Waals surface area contributed by atoms with E-state index in [4.69, 9.17) is 4.74 Å². The molecule has 0 bridgehead atoms. The van der Waals surface area contributed by atoms with Gasteiger partial charge in [0.25, 0.3) is 0 Å². The number of nitrogens with one attached hydrogen (secondary N) is 1. The quantitative estimate of drug-likeness (QED) is 0.847. The molecule has 3 nitrogen and oxygen atoms in total. The Balaban J connectivity index is 0.00000361. The van der Waals surface area contributed by atoms with Crippen molar-refractivity contribution >= 4 is 18.5 Å². The van der Waals surface area contributed by atoms with E-state index in [-0.39, 0.29) is 24.6 Å². The fourth-order valence-corrected chi connectivity index (χ4v) is 1.60. The van der Waals surface area contributed by atoms with Gasteiger partial charge in [0.2, 0.25) is 0 Å². The van der Waals surface area contributed by atoms with Gasteiger partial charge in [-0.05, 0) is 33.8 Å². The van der Waals surface area contributed by atoms with Crippen LogP contribution in [0.15, 0.2) is 30.3 Å². The van der Waals surface area contributed by atoms with Gasteiger partial charge in [0.1, 0.15) is 18.5 Å². The summed E-state index contributed by atoms with van der Waals surface area (Å²) in [7, 11) is 0. The number of rotatable bonds is 6. The van der Waals surface area contributed by atoms with Crippen LogP contribution in [0.5, 0.6) is 5.75 Å². The molecule has 0 aliphatic heterocycles. The number of allylic oxidation sites excluding steroid dienone is 1. The van der Waals surface area contributed by atoms with Crippen molar-refractivity contribution < 1.29 is 9.84 Å². The summed E-state index contributed by atoms with van der Waals surface area (Å²) in [6.45, 7) is 9.00. The first-order valence-corrected chi connectivity index (χ1v) is 6.70. The van der Waals surface area contributed by atoms with Crippen LogP contribution in [-0.2, 0) is 0 Å². The monoisotopic (exact) mass is 299 g/mol. The maximum Gasteiger partial charge on any atom is 0.126 e. The molecule has 1 atom stereocenters. The van der Waals surface area contributed by atoms with Gasteiger partial charge in [0, 0.05) is 17.6 Å². The summed E-state index contributed by atoms with van der Waals surface area (Å²) in [5, 5.41) is 13.1. The third-order valence-electron chi connectivity index (χ3n) is 2.56. The van der Waals surface area contributed by atoms with Gasteiger partial charge < -0.3 is 15.2 Å². The van der Waals surface area contributed by atoms with Crippen molar-refractivity contribution in [2.45, 2.75) is 39.3 Å². The number of benzene rings is 1. The number of halogens is 1. The Morgan fingerprint density at radius 3 is 2.55 bits per heavy atom. The lowest BCUT2D eigenvalue weighted by Gasteiger charge is -2.23. The Bertz CT molecular complexity index is 413. The van der Waals surface area contributed by atoms with E-state index < -0.39 is 6.10 Å². The number of aliphatic hydroxyl groups is 1. The van der Waals surface area contributed by atoms with E-state index in [0.717, 1.165) is 11.3 Å². The van der Waals surface area contributed by atoms with E-state index in [9.17, 15) is 5.11 Å². The summed E-state index contributed by atoms with van der Waals surface area (Å²) in [6.07, 6.45) is 3.45. The van der Waals surface area contributed by atoms with Gasteiger partial charge in [-0.15, -0.1) is 12.4 Å². The van der Waals surface area contributed by atoms with E-state index in [1.807, 2.05) is 43.3 Å². The predicted octanol–water partition coefficient (Wildman–Crippen LogP) is 3.27. The molecule has 0 heterocycles. The molecule has 0 aliphatic carbocycles. The molecule has 2 N–H and O–H groups in total. The highest BCUT2D eigenvalue weighted by Gasteiger charge is 2.12. The van der Waals surface area contributed by atoms with Crippen molar-refractivity contribution in [2.75, 3.05) is 13.2 Å². The molecular weight excluding hydrogens is 274 g/mol. The molecule has 1 unspecified atom stereocenters. The van der Waals surface area contributed by atoms with Crippen molar-refractivity contribution in [1.29, 1.82) is 0 Å². The highest BCUT2D eigenvalue weighted by atomic mass is 35.5. The van der Waals surface area contributed by atoms with Crippen molar-refractivity contribution in [3.8, 4) is 5.75 Å². The predicted molar refractivity (Wildman–Crippen MR) is 87.7 cm³/mol. The largest absolute Gasteiger partial charge is 0.490 e. The fraction of sp³-hybridized carbons (Fsp3) is 0.500. The first kappa shape index (κ1) is 19.0. The highest BCUT2D eigenvalue weighted by molar-refractivity contribution is 5.85. The first-order valence-electron chi connectivity index (χ1n) is 6.70. The zero-order valence-electron chi connectivity index (χ0n) is 12.7. The third kappa shape index (κ3) is 7.53. The number of hydrogen-bond acceptors (Lipinski definition) is 3. The molecular formula is C16H26ClNO2. The second-order valence-electron chi connectivity index (χ2n) is 5.63. The molecule has 0 saturated heterocycles. The Hall–Kier alpha value is -1.03. The summed E-state index contributed by atoms with van der Waals surface area (Å²) in [6, 6.07) is 7.82. The summed E-state index contributed by atoms with van der Waals surface area (Å²) < 4.78 is 5.68. The summed E-state index contributed by atoms with van der Waals surface area (Å²) in [5.74, 6) is 0.801. The third-order valence-corrected chi connectivity index (χ3v) is 2.56. The van der Waals surface area contributed by atoms with Crippen molar-refractivity contribution in [3.05, 3.63) is 35.9 Å². The Kier molecular flexibility index (Phi) is 8.54. The van der Waals surface area contributed by atoms with Crippen molar-refractivity contribution in [2.24, 2.45) is 0 Å². The van der Waals surface area contributed by atoms with Gasteiger partial charge in [-0.3, -0.25) is 0 Å². The van der Waals surface area contributed by atoms with Gasteiger partial charge >= 0.3 is 0 Å². The normalized spacial score (nSPS) is 13.1. The summed E-state index contributed by atoms with van der Waals surface area (Å²) in [4.78, 5) is 0. The molecule has 4 heteroatoms. The smallest absolute Gasteiger partial charge is 0.126 e. The number of ether oxygens (including phenoxy) is 1. The Morgan fingerprint density at radius 1 is 1.30 bits per heavy atom. The van der Waals surface area contributed by atoms with Crippen LogP contribution in [0.3, 0.4) is 0 Å². The van der Waals surface area contributed by atoms with E-state index in [1.165, 1.54) is 0 Å². The Labute approximate surface area is 128 Å². The van der Waals surface area contributed by atoms with Gasteiger partial charge in [-0.25, -0.2) is 0 Å². The molecule has 0 spiro atoms. The zero-order valence-corrected chi connectivity index (χ0v) is 13.5. The number of β-amino-alcohol motifs (C(OH)–C–C–N with tert-alkyl or cyclic N) is 1. The molecule has 1 aromatic rings. The minimum absolute atomic E-state index is 0. The lowest BCUT2D eigenvalue weighted by atomic mass is 10.1. The van der Waals surface area contributed by atoms with E-state index in [0.29, 0.717) is 6.54 Å². The van der Waals surface area contributed by atoms with E-state index >= 15 is 0 Å². The minimum Gasteiger partial charge on any atom is -0.490 e. The molecule has 0 amide bonds. The van der Waals surface area contributed by atoms with E-state index in [2.05, 4.69) is 26.1 Å². The number of hydrogen-bond donors (Lipinski definition) is 2. The minimum atomic E-state index is -0.516. The molecule has 0 saturated carbocycles. The average molecular weight is 300 g/mol. The van der Waals surface area contributed by atoms with Crippen LogP contribution in [0.2, 0.25) is 0 Å². The van der Waals surface area contributed by atoms with Crippen molar-refractivity contribution in [1.82, 2.24) is 5.32 Å². The zero-order chi connectivity index (χ0) is 14.3. The maximum absolute atomic E-state index is 9.89. The molecule has 0 aliphatic rings. The van der Waals surface area contributed by atoms with Crippen LogP contribution in [0.1, 0.15) is 33.3 Å². The van der Waals surface area contributed by atoms with E-state index in [1.54, 1.807) is 0 Å². The van der Waals surface area contributed by atoms with Gasteiger partial charge in [-0.1, -0.05) is 30.4 Å². The summed E-state index contributed by atoms with van der Waals surface area (Å²) >= 11 is 0. The topological polar surface area (TPSA) is 41.5 Å². The van der Waals surface area contributed by atoms with Crippen LogP contribution < -0.4 is 10.1 Å². The highest BCUT2D eigenvalue weighted by Crippen LogP contribution is 2.19. The van der Waals surface area contributed by atoms with Crippen LogP contribution in [0.4, 0.5) is 0 Å². The SMILES string of the molecule is C/C=C\c1ccccc1OCC(O)CNC(C)(C)C.Cl. The van der Waals surface area contributed by atoms with Gasteiger partial charge in [0.15, 0.2) is 0 Å². The molecule has 1 aromatic carbocycles. The summed E-state index contributed by atoms with van der Waals surface area (Å²) in [5.41, 5.74) is 1.03. The maximum atomic E-state index is 9.89. The molecule has 1 rings (SSSR count). The Morgan fingerprint density at radius 2 is 1.95 bits per heavy atom. The van der Waals surface area contributed by atoms with Crippen molar-refractivity contribution in [3.63, 3.8) is 0 Å². The van der Waals surface area contributed by atoms with Crippen LogP contribution >= 0.6 is 12.4 Å².